The zero-order valence-corrected chi connectivity index (χ0v) is 14.5. The number of benzene rings is 1. The van der Waals surface area contributed by atoms with E-state index < -0.39 is 11.7 Å². The van der Waals surface area contributed by atoms with Gasteiger partial charge < -0.3 is 5.32 Å². The molecule has 3 heterocycles. The average Bonchev–Trinajstić information content (AvgIpc) is 3.27. The zero-order chi connectivity index (χ0) is 18.8. The van der Waals surface area contributed by atoms with Gasteiger partial charge in [0.05, 0.1) is 16.8 Å². The summed E-state index contributed by atoms with van der Waals surface area (Å²) in [6, 6.07) is 8.38. The maximum absolute atomic E-state index is 14.2. The Hall–Kier alpha value is -3.29. The van der Waals surface area contributed by atoms with Crippen LogP contribution in [-0.4, -0.2) is 40.1 Å². The number of halogens is 1. The van der Waals surface area contributed by atoms with Gasteiger partial charge in [-0.15, -0.1) is 0 Å². The van der Waals surface area contributed by atoms with E-state index in [0.717, 1.165) is 5.56 Å². The van der Waals surface area contributed by atoms with Crippen LogP contribution >= 0.6 is 0 Å². The minimum Gasteiger partial charge on any atom is -0.355 e. The summed E-state index contributed by atoms with van der Waals surface area (Å²) in [5, 5.41) is 9.96. The second kappa shape index (κ2) is 7.14. The van der Waals surface area contributed by atoms with Gasteiger partial charge in [0.15, 0.2) is 5.82 Å². The van der Waals surface area contributed by atoms with Gasteiger partial charge in [0, 0.05) is 31.9 Å². The Morgan fingerprint density at radius 2 is 2.11 bits per heavy atom. The van der Waals surface area contributed by atoms with Crippen molar-refractivity contribution >= 4 is 28.5 Å². The fourth-order valence-electron chi connectivity index (χ4n) is 3.32. The number of nitrogens with zero attached hydrogens (tertiary/aromatic N) is 3. The number of carbonyl (C=O) groups is 2. The standard InChI is InChI=1S/C19H18FN5O2/c20-14-2-1-3-15-17(14)18(24-23-15)25-11-13(10-16(25)26)19(27)22-9-6-12-4-7-21-8-5-12/h1-5,7-8,13H,6,9-11H2,(H,22,27)(H,23,24)/t13-/m1/s1. The zero-order valence-electron chi connectivity index (χ0n) is 14.5. The highest BCUT2D eigenvalue weighted by Gasteiger charge is 2.37. The molecule has 0 unspecified atom stereocenters. The molecule has 1 aromatic carbocycles. The minimum absolute atomic E-state index is 0.0872. The highest BCUT2D eigenvalue weighted by molar-refractivity contribution is 6.05. The number of amides is 2. The van der Waals surface area contributed by atoms with Crippen LogP contribution in [0.1, 0.15) is 12.0 Å². The van der Waals surface area contributed by atoms with Crippen molar-refractivity contribution in [3.8, 4) is 0 Å². The fourth-order valence-corrected chi connectivity index (χ4v) is 3.32. The molecule has 0 radical (unpaired) electrons. The number of H-pyrrole nitrogens is 1. The van der Waals surface area contributed by atoms with Gasteiger partial charge in [-0.05, 0) is 36.2 Å². The average molecular weight is 367 g/mol. The number of fused-ring (bicyclic) bond motifs is 1. The van der Waals surface area contributed by atoms with Crippen LogP contribution < -0.4 is 10.2 Å². The molecule has 1 fully saturated rings. The van der Waals surface area contributed by atoms with Crippen molar-refractivity contribution in [3.63, 3.8) is 0 Å². The molecule has 0 saturated carbocycles. The molecule has 1 atom stereocenters. The first kappa shape index (κ1) is 17.1. The summed E-state index contributed by atoms with van der Waals surface area (Å²) >= 11 is 0. The molecule has 4 rings (SSSR count). The second-order valence-electron chi connectivity index (χ2n) is 6.51. The lowest BCUT2D eigenvalue weighted by Crippen LogP contribution is -2.34. The van der Waals surface area contributed by atoms with E-state index in [1.807, 2.05) is 12.1 Å². The number of aromatic amines is 1. The third-order valence-electron chi connectivity index (χ3n) is 4.73. The molecule has 3 aromatic rings. The molecule has 27 heavy (non-hydrogen) atoms. The maximum Gasteiger partial charge on any atom is 0.229 e. The number of anilines is 1. The van der Waals surface area contributed by atoms with Gasteiger partial charge in [0.25, 0.3) is 0 Å². The van der Waals surface area contributed by atoms with Crippen LogP contribution in [0, 0.1) is 11.7 Å². The Balaban J connectivity index is 1.42. The van der Waals surface area contributed by atoms with Gasteiger partial charge in [-0.25, -0.2) is 4.39 Å². The SMILES string of the molecule is O=C(NCCc1ccncc1)[C@@H]1CC(=O)N(c2n[nH]c3cccc(F)c23)C1. The largest absolute Gasteiger partial charge is 0.355 e. The molecule has 2 aromatic heterocycles. The Morgan fingerprint density at radius 3 is 2.93 bits per heavy atom. The third-order valence-corrected chi connectivity index (χ3v) is 4.73. The molecular weight excluding hydrogens is 349 g/mol. The summed E-state index contributed by atoms with van der Waals surface area (Å²) in [6.45, 7) is 0.668. The molecule has 0 aliphatic carbocycles. The number of rotatable bonds is 5. The summed E-state index contributed by atoms with van der Waals surface area (Å²) < 4.78 is 14.2. The van der Waals surface area contributed by atoms with Crippen molar-refractivity contribution in [2.45, 2.75) is 12.8 Å². The van der Waals surface area contributed by atoms with Crippen molar-refractivity contribution in [2.24, 2.45) is 5.92 Å². The van der Waals surface area contributed by atoms with Gasteiger partial charge in [0.1, 0.15) is 5.82 Å². The van der Waals surface area contributed by atoms with Crippen LogP contribution in [0.4, 0.5) is 10.2 Å². The smallest absolute Gasteiger partial charge is 0.229 e. The van der Waals surface area contributed by atoms with Crippen LogP contribution in [0.3, 0.4) is 0 Å². The number of hydrogen-bond acceptors (Lipinski definition) is 4. The first-order chi connectivity index (χ1) is 13.1. The van der Waals surface area contributed by atoms with E-state index >= 15 is 0 Å². The second-order valence-corrected chi connectivity index (χ2v) is 6.51. The van der Waals surface area contributed by atoms with Crippen molar-refractivity contribution in [3.05, 3.63) is 54.1 Å². The molecule has 0 bridgehead atoms. The summed E-state index contributed by atoms with van der Waals surface area (Å²) in [4.78, 5) is 30.2. The lowest BCUT2D eigenvalue weighted by atomic mass is 10.1. The summed E-state index contributed by atoms with van der Waals surface area (Å²) in [5.74, 6) is -1.11. The molecule has 1 aliphatic heterocycles. The van der Waals surface area contributed by atoms with Crippen molar-refractivity contribution in [2.75, 3.05) is 18.0 Å². The lowest BCUT2D eigenvalue weighted by Gasteiger charge is -2.14. The molecule has 1 saturated heterocycles. The van der Waals surface area contributed by atoms with E-state index in [0.29, 0.717) is 18.5 Å². The van der Waals surface area contributed by atoms with E-state index in [1.54, 1.807) is 24.5 Å². The van der Waals surface area contributed by atoms with E-state index in [-0.39, 0.29) is 36.0 Å². The predicted molar refractivity (Wildman–Crippen MR) is 97.5 cm³/mol. The monoisotopic (exact) mass is 367 g/mol. The van der Waals surface area contributed by atoms with E-state index in [1.165, 1.54) is 11.0 Å². The summed E-state index contributed by atoms with van der Waals surface area (Å²) in [6.07, 6.45) is 4.19. The van der Waals surface area contributed by atoms with Gasteiger partial charge >= 0.3 is 0 Å². The molecule has 0 spiro atoms. The molecule has 8 heteroatoms. The first-order valence-electron chi connectivity index (χ1n) is 8.73. The maximum atomic E-state index is 14.2. The van der Waals surface area contributed by atoms with Crippen LogP contribution in [-0.2, 0) is 16.0 Å². The molecule has 2 amide bonds. The molecule has 138 valence electrons. The van der Waals surface area contributed by atoms with Crippen LogP contribution in [0.15, 0.2) is 42.7 Å². The topological polar surface area (TPSA) is 91.0 Å². The van der Waals surface area contributed by atoms with E-state index in [9.17, 15) is 14.0 Å². The molecule has 7 nitrogen and oxygen atoms in total. The Kier molecular flexibility index (Phi) is 4.53. The number of hydrogen-bond donors (Lipinski definition) is 2. The number of carbonyl (C=O) groups excluding carboxylic acids is 2. The lowest BCUT2D eigenvalue weighted by molar-refractivity contribution is -0.126. The Labute approximate surface area is 154 Å². The quantitative estimate of drug-likeness (QED) is 0.720. The van der Waals surface area contributed by atoms with Crippen molar-refractivity contribution in [1.29, 1.82) is 0 Å². The highest BCUT2D eigenvalue weighted by atomic mass is 19.1. The number of pyridine rings is 1. The number of nitrogens with one attached hydrogen (secondary N) is 2. The summed E-state index contributed by atoms with van der Waals surface area (Å²) in [5.41, 5.74) is 1.59. The van der Waals surface area contributed by atoms with Crippen LogP contribution in [0.5, 0.6) is 0 Å². The molecule has 1 aliphatic rings. The van der Waals surface area contributed by atoms with Gasteiger partial charge in [0.2, 0.25) is 11.8 Å². The first-order valence-corrected chi connectivity index (χ1v) is 8.73. The normalized spacial score (nSPS) is 16.9. The predicted octanol–water partition coefficient (Wildman–Crippen LogP) is 1.81. The minimum atomic E-state index is -0.478. The third kappa shape index (κ3) is 3.38. The molecule has 2 N–H and O–H groups in total. The van der Waals surface area contributed by atoms with Crippen LogP contribution in [0.25, 0.3) is 10.9 Å². The van der Waals surface area contributed by atoms with Crippen LogP contribution in [0.2, 0.25) is 0 Å². The Bertz CT molecular complexity index is 988. The van der Waals surface area contributed by atoms with Crippen molar-refractivity contribution < 1.29 is 14.0 Å². The van der Waals surface area contributed by atoms with Gasteiger partial charge in [-0.2, -0.15) is 5.10 Å². The summed E-state index contributed by atoms with van der Waals surface area (Å²) in [7, 11) is 0. The Morgan fingerprint density at radius 1 is 1.30 bits per heavy atom. The van der Waals surface area contributed by atoms with Gasteiger partial charge in [-0.1, -0.05) is 6.07 Å². The van der Waals surface area contributed by atoms with E-state index in [4.69, 9.17) is 0 Å². The number of aromatic nitrogens is 3. The van der Waals surface area contributed by atoms with Gasteiger partial charge in [-0.3, -0.25) is 24.6 Å². The fraction of sp³-hybridized carbons (Fsp3) is 0.263. The van der Waals surface area contributed by atoms with Crippen molar-refractivity contribution in [1.82, 2.24) is 20.5 Å². The highest BCUT2D eigenvalue weighted by Crippen LogP contribution is 2.31. The van der Waals surface area contributed by atoms with E-state index in [2.05, 4.69) is 20.5 Å². The molecular formula is C19H18FN5O2.